The molecule has 3 heteroatoms. The van der Waals surface area contributed by atoms with E-state index < -0.39 is 0 Å². The lowest BCUT2D eigenvalue weighted by molar-refractivity contribution is 0.0884. The van der Waals surface area contributed by atoms with Crippen molar-refractivity contribution >= 4 is 5.91 Å². The fourth-order valence-electron chi connectivity index (χ4n) is 1.62. The largest absolute Gasteiger partial charge is 0.273 e. The highest BCUT2D eigenvalue weighted by molar-refractivity contribution is 5.78. The van der Waals surface area contributed by atoms with Crippen molar-refractivity contribution in [3.63, 3.8) is 0 Å². The Balaban J connectivity index is 3.37. The van der Waals surface area contributed by atoms with Crippen molar-refractivity contribution in [2.45, 2.75) is 65.7 Å². The number of nitrogens with zero attached hydrogens (tertiary/aromatic N) is 2. The van der Waals surface area contributed by atoms with Gasteiger partial charge in [0.1, 0.15) is 0 Å². The number of carbonyl (C=O) groups is 1. The zero-order chi connectivity index (χ0) is 13.4. The lowest BCUT2D eigenvalue weighted by atomic mass is 9.88. The molecule has 0 amide bonds. The summed E-state index contributed by atoms with van der Waals surface area (Å²) in [6.45, 7) is 14.5. The molecule has 0 saturated heterocycles. The van der Waals surface area contributed by atoms with Crippen LogP contribution in [0.15, 0.2) is 6.07 Å². The van der Waals surface area contributed by atoms with E-state index in [0.717, 1.165) is 11.4 Å². The lowest BCUT2D eigenvalue weighted by Crippen LogP contribution is -2.23. The van der Waals surface area contributed by atoms with E-state index in [1.54, 1.807) is 4.68 Å². The topological polar surface area (TPSA) is 34.9 Å². The van der Waals surface area contributed by atoms with Crippen LogP contribution in [0.2, 0.25) is 0 Å². The molecule has 1 heterocycles. The SMILES string of the molecule is CCC(=O)n1nc(C(C)(C)C)cc1C(C)(C)C. The maximum atomic E-state index is 11.9. The first kappa shape index (κ1) is 13.9. The van der Waals surface area contributed by atoms with E-state index in [2.05, 4.69) is 52.7 Å². The average molecular weight is 236 g/mol. The molecule has 17 heavy (non-hydrogen) atoms. The summed E-state index contributed by atoms with van der Waals surface area (Å²) in [6.07, 6.45) is 0.480. The van der Waals surface area contributed by atoms with Gasteiger partial charge in [0, 0.05) is 17.3 Å². The minimum atomic E-state index is -0.0681. The summed E-state index contributed by atoms with van der Waals surface area (Å²) in [7, 11) is 0. The standard InChI is InChI=1S/C14H24N2O/c1-8-12(17)16-11(14(5,6)7)9-10(15-16)13(2,3)4/h9H,8H2,1-7H3. The molecule has 0 saturated carbocycles. The fraction of sp³-hybridized carbons (Fsp3) is 0.714. The van der Waals surface area contributed by atoms with E-state index in [1.807, 2.05) is 6.92 Å². The maximum Gasteiger partial charge on any atom is 0.246 e. The zero-order valence-corrected chi connectivity index (χ0v) is 12.1. The van der Waals surface area contributed by atoms with Crippen LogP contribution in [0, 0.1) is 0 Å². The fourth-order valence-corrected chi connectivity index (χ4v) is 1.62. The van der Waals surface area contributed by atoms with Gasteiger partial charge < -0.3 is 0 Å². The van der Waals surface area contributed by atoms with Crippen molar-refractivity contribution in [2.24, 2.45) is 0 Å². The van der Waals surface area contributed by atoms with Crippen LogP contribution in [-0.2, 0) is 10.8 Å². The Bertz CT molecular complexity index is 416. The van der Waals surface area contributed by atoms with Crippen LogP contribution >= 0.6 is 0 Å². The van der Waals surface area contributed by atoms with Crippen LogP contribution < -0.4 is 0 Å². The van der Waals surface area contributed by atoms with Gasteiger partial charge in [0.2, 0.25) is 5.91 Å². The Morgan fingerprint density at radius 2 is 1.71 bits per heavy atom. The van der Waals surface area contributed by atoms with Crippen molar-refractivity contribution in [1.82, 2.24) is 9.78 Å². The summed E-state index contributed by atoms with van der Waals surface area (Å²) < 4.78 is 1.58. The highest BCUT2D eigenvalue weighted by atomic mass is 16.2. The van der Waals surface area contributed by atoms with Gasteiger partial charge in [-0.1, -0.05) is 48.5 Å². The molecule has 0 aliphatic rings. The minimum Gasteiger partial charge on any atom is -0.273 e. The van der Waals surface area contributed by atoms with E-state index in [-0.39, 0.29) is 16.7 Å². The molecule has 1 aromatic rings. The molecule has 0 spiro atoms. The Morgan fingerprint density at radius 3 is 2.06 bits per heavy atom. The first-order chi connectivity index (χ1) is 7.57. The number of hydrogen-bond donors (Lipinski definition) is 0. The van der Waals surface area contributed by atoms with Gasteiger partial charge in [0.25, 0.3) is 0 Å². The monoisotopic (exact) mass is 236 g/mol. The van der Waals surface area contributed by atoms with Gasteiger partial charge >= 0.3 is 0 Å². The van der Waals surface area contributed by atoms with Crippen LogP contribution in [0.4, 0.5) is 0 Å². The molecule has 0 atom stereocenters. The highest BCUT2D eigenvalue weighted by Crippen LogP contribution is 2.28. The Kier molecular flexibility index (Phi) is 3.51. The second-order valence-electron chi connectivity index (χ2n) is 6.57. The normalized spacial score (nSPS) is 12.9. The van der Waals surface area contributed by atoms with Crippen LogP contribution in [0.3, 0.4) is 0 Å². The zero-order valence-electron chi connectivity index (χ0n) is 12.1. The van der Waals surface area contributed by atoms with Gasteiger partial charge in [0.05, 0.1) is 11.4 Å². The molecule has 0 N–H and O–H groups in total. The molecule has 3 nitrogen and oxygen atoms in total. The van der Waals surface area contributed by atoms with E-state index in [4.69, 9.17) is 0 Å². The maximum absolute atomic E-state index is 11.9. The van der Waals surface area contributed by atoms with Gasteiger partial charge in [-0.05, 0) is 6.07 Å². The van der Waals surface area contributed by atoms with Gasteiger partial charge in [-0.3, -0.25) is 4.79 Å². The van der Waals surface area contributed by atoms with Crippen molar-refractivity contribution < 1.29 is 4.79 Å². The smallest absolute Gasteiger partial charge is 0.246 e. The van der Waals surface area contributed by atoms with Crippen molar-refractivity contribution in [2.75, 3.05) is 0 Å². The summed E-state index contributed by atoms with van der Waals surface area (Å²) in [5, 5.41) is 4.49. The summed E-state index contributed by atoms with van der Waals surface area (Å²) in [5.74, 6) is 0.0606. The quantitative estimate of drug-likeness (QED) is 0.747. The highest BCUT2D eigenvalue weighted by Gasteiger charge is 2.27. The van der Waals surface area contributed by atoms with Crippen LogP contribution in [0.25, 0.3) is 0 Å². The van der Waals surface area contributed by atoms with Crippen LogP contribution in [0.5, 0.6) is 0 Å². The number of rotatable bonds is 1. The minimum absolute atomic E-state index is 0.0285. The molecule has 96 valence electrons. The molecular weight excluding hydrogens is 212 g/mol. The predicted octanol–water partition coefficient (Wildman–Crippen LogP) is 3.53. The summed E-state index contributed by atoms with van der Waals surface area (Å²) in [4.78, 5) is 11.9. The molecule has 0 radical (unpaired) electrons. The first-order valence-corrected chi connectivity index (χ1v) is 6.21. The third kappa shape index (κ3) is 2.96. The molecule has 0 fully saturated rings. The van der Waals surface area contributed by atoms with Crippen molar-refractivity contribution in [3.8, 4) is 0 Å². The molecule has 1 aromatic heterocycles. The second-order valence-corrected chi connectivity index (χ2v) is 6.57. The lowest BCUT2D eigenvalue weighted by Gasteiger charge is -2.19. The van der Waals surface area contributed by atoms with E-state index in [9.17, 15) is 4.79 Å². The van der Waals surface area contributed by atoms with E-state index in [0.29, 0.717) is 6.42 Å². The number of aromatic nitrogens is 2. The van der Waals surface area contributed by atoms with Gasteiger partial charge in [-0.25, -0.2) is 4.68 Å². The third-order valence-corrected chi connectivity index (χ3v) is 2.78. The Hall–Kier alpha value is -1.12. The molecule has 1 rings (SSSR count). The predicted molar refractivity (Wildman–Crippen MR) is 70.5 cm³/mol. The van der Waals surface area contributed by atoms with Crippen molar-refractivity contribution in [3.05, 3.63) is 17.5 Å². The van der Waals surface area contributed by atoms with Crippen molar-refractivity contribution in [1.29, 1.82) is 0 Å². The average Bonchev–Trinajstić information content (AvgIpc) is 2.59. The van der Waals surface area contributed by atoms with Gasteiger partial charge in [-0.15, -0.1) is 0 Å². The molecule has 0 aliphatic heterocycles. The molecule has 0 aromatic carbocycles. The van der Waals surface area contributed by atoms with Gasteiger partial charge in [0.15, 0.2) is 0 Å². The van der Waals surface area contributed by atoms with E-state index in [1.165, 1.54) is 0 Å². The van der Waals surface area contributed by atoms with E-state index >= 15 is 0 Å². The molecule has 0 unspecified atom stereocenters. The second kappa shape index (κ2) is 4.28. The molecule has 0 aliphatic carbocycles. The van der Waals surface area contributed by atoms with Crippen LogP contribution in [-0.4, -0.2) is 15.7 Å². The Morgan fingerprint density at radius 1 is 1.18 bits per heavy atom. The Labute approximate surface area is 104 Å². The van der Waals surface area contributed by atoms with Gasteiger partial charge in [-0.2, -0.15) is 5.10 Å². The summed E-state index contributed by atoms with van der Waals surface area (Å²) in [5.41, 5.74) is 1.87. The number of hydrogen-bond acceptors (Lipinski definition) is 2. The number of carbonyl (C=O) groups excluding carboxylic acids is 1. The molecule has 0 bridgehead atoms. The third-order valence-electron chi connectivity index (χ3n) is 2.78. The first-order valence-electron chi connectivity index (χ1n) is 6.21. The van der Waals surface area contributed by atoms with Crippen LogP contribution in [0.1, 0.15) is 71.1 Å². The molecular formula is C14H24N2O. The summed E-state index contributed by atoms with van der Waals surface area (Å²) >= 11 is 0. The summed E-state index contributed by atoms with van der Waals surface area (Å²) in [6, 6.07) is 2.06.